The first kappa shape index (κ1) is 19.9. The second-order valence-electron chi connectivity index (χ2n) is 7.36. The van der Waals surface area contributed by atoms with Crippen molar-refractivity contribution in [1.29, 1.82) is 0 Å². The minimum Gasteiger partial charge on any atom is -0.353 e. The molecule has 0 spiro atoms. The molecule has 7 heteroatoms. The summed E-state index contributed by atoms with van der Waals surface area (Å²) in [5.74, 6) is 1.03. The maximum atomic E-state index is 12.3. The summed E-state index contributed by atoms with van der Waals surface area (Å²) in [6.45, 7) is 3.33. The van der Waals surface area contributed by atoms with Gasteiger partial charge in [0.05, 0.1) is 17.1 Å². The highest BCUT2D eigenvalue weighted by molar-refractivity contribution is 7.91. The SMILES string of the molecule is CCN(c1ccc(C(=O)NCCC2=CCCCC2)cn1)C1CCS(=O)(=O)C1. The molecular formula is C20H29N3O3S. The standard InChI is InChI=1S/C20H29N3O3S/c1-2-23(18-11-13-27(25,26)15-18)19-9-8-17(14-22-19)20(24)21-12-10-16-6-4-3-5-7-16/h6,8-9,14,18H,2-5,7,10-13,15H2,1H3,(H,21,24). The zero-order valence-electron chi connectivity index (χ0n) is 16.0. The third kappa shape index (κ3) is 5.31. The van der Waals surface area contributed by atoms with Gasteiger partial charge in [0.15, 0.2) is 9.84 Å². The summed E-state index contributed by atoms with van der Waals surface area (Å²) in [6, 6.07) is 3.55. The number of carbonyl (C=O) groups is 1. The van der Waals surface area contributed by atoms with E-state index in [1.165, 1.54) is 18.4 Å². The number of carbonyl (C=O) groups excluding carboxylic acids is 1. The van der Waals surface area contributed by atoms with Crippen molar-refractivity contribution in [2.24, 2.45) is 0 Å². The van der Waals surface area contributed by atoms with Crippen molar-refractivity contribution < 1.29 is 13.2 Å². The quantitative estimate of drug-likeness (QED) is 0.723. The number of hydrogen-bond acceptors (Lipinski definition) is 5. The molecule has 1 aromatic heterocycles. The summed E-state index contributed by atoms with van der Waals surface area (Å²) in [7, 11) is -2.94. The fourth-order valence-electron chi connectivity index (χ4n) is 3.89. The molecule has 1 unspecified atom stereocenters. The number of hydrogen-bond donors (Lipinski definition) is 1. The zero-order valence-corrected chi connectivity index (χ0v) is 16.8. The van der Waals surface area contributed by atoms with E-state index in [4.69, 9.17) is 0 Å². The highest BCUT2D eigenvalue weighted by Gasteiger charge is 2.32. The Balaban J connectivity index is 1.55. The predicted octanol–water partition coefficient (Wildman–Crippen LogP) is 2.72. The van der Waals surface area contributed by atoms with Gasteiger partial charge in [0.1, 0.15) is 5.82 Å². The van der Waals surface area contributed by atoms with Crippen LogP contribution in [0.1, 0.15) is 55.8 Å². The van der Waals surface area contributed by atoms with Gasteiger partial charge in [-0.15, -0.1) is 0 Å². The maximum absolute atomic E-state index is 12.3. The molecule has 0 bridgehead atoms. The number of nitrogens with one attached hydrogen (secondary N) is 1. The van der Waals surface area contributed by atoms with Crippen LogP contribution in [0.5, 0.6) is 0 Å². The summed E-state index contributed by atoms with van der Waals surface area (Å²) in [5.41, 5.74) is 1.98. The zero-order chi connectivity index (χ0) is 19.3. The molecule has 1 fully saturated rings. The Kier molecular flexibility index (Phi) is 6.52. The minimum atomic E-state index is -2.94. The monoisotopic (exact) mass is 391 g/mol. The first-order chi connectivity index (χ1) is 13.0. The third-order valence-corrected chi connectivity index (χ3v) is 7.16. The normalized spacial score (nSPS) is 21.5. The van der Waals surface area contributed by atoms with Gasteiger partial charge < -0.3 is 10.2 Å². The number of amides is 1. The lowest BCUT2D eigenvalue weighted by atomic mass is 9.97. The molecule has 1 aromatic rings. The van der Waals surface area contributed by atoms with E-state index in [1.807, 2.05) is 17.9 Å². The number of rotatable bonds is 7. The van der Waals surface area contributed by atoms with Gasteiger partial charge in [-0.1, -0.05) is 11.6 Å². The van der Waals surface area contributed by atoms with Gasteiger partial charge in [-0.2, -0.15) is 0 Å². The largest absolute Gasteiger partial charge is 0.353 e. The van der Waals surface area contributed by atoms with Crippen LogP contribution in [0.25, 0.3) is 0 Å². The summed E-state index contributed by atoms with van der Waals surface area (Å²) >= 11 is 0. The summed E-state index contributed by atoms with van der Waals surface area (Å²) < 4.78 is 23.5. The van der Waals surface area contributed by atoms with Crippen molar-refractivity contribution in [1.82, 2.24) is 10.3 Å². The van der Waals surface area contributed by atoms with Crippen LogP contribution in [0.3, 0.4) is 0 Å². The average molecular weight is 392 g/mol. The van der Waals surface area contributed by atoms with E-state index in [-0.39, 0.29) is 23.5 Å². The van der Waals surface area contributed by atoms with Crippen LogP contribution in [0.15, 0.2) is 30.0 Å². The van der Waals surface area contributed by atoms with E-state index in [9.17, 15) is 13.2 Å². The van der Waals surface area contributed by atoms with Crippen molar-refractivity contribution in [2.45, 2.75) is 51.5 Å². The second-order valence-corrected chi connectivity index (χ2v) is 9.59. The Bertz CT molecular complexity index is 787. The highest BCUT2D eigenvalue weighted by Crippen LogP contribution is 2.23. The Morgan fingerprint density at radius 2 is 2.19 bits per heavy atom. The maximum Gasteiger partial charge on any atom is 0.252 e. The minimum absolute atomic E-state index is 0.0315. The van der Waals surface area contributed by atoms with Gasteiger partial charge in [-0.05, 0) is 57.6 Å². The van der Waals surface area contributed by atoms with E-state index in [0.717, 1.165) is 25.1 Å². The van der Waals surface area contributed by atoms with Gasteiger partial charge in [0, 0.05) is 25.3 Å². The molecule has 3 rings (SSSR count). The molecule has 1 aliphatic carbocycles. The third-order valence-electron chi connectivity index (χ3n) is 5.41. The van der Waals surface area contributed by atoms with Gasteiger partial charge in [-0.25, -0.2) is 13.4 Å². The Hall–Kier alpha value is -1.89. The van der Waals surface area contributed by atoms with Crippen molar-refractivity contribution in [3.8, 4) is 0 Å². The van der Waals surface area contributed by atoms with Crippen LogP contribution < -0.4 is 10.2 Å². The van der Waals surface area contributed by atoms with Gasteiger partial charge in [-0.3, -0.25) is 4.79 Å². The molecule has 0 saturated carbocycles. The van der Waals surface area contributed by atoms with Crippen molar-refractivity contribution in [3.63, 3.8) is 0 Å². The van der Waals surface area contributed by atoms with Crippen LogP contribution in [-0.2, 0) is 9.84 Å². The molecule has 1 N–H and O–H groups in total. The molecule has 0 aromatic carbocycles. The smallest absolute Gasteiger partial charge is 0.252 e. The van der Waals surface area contributed by atoms with E-state index in [0.29, 0.717) is 25.1 Å². The van der Waals surface area contributed by atoms with Crippen LogP contribution in [-0.4, -0.2) is 49.9 Å². The molecule has 1 atom stereocenters. The molecule has 6 nitrogen and oxygen atoms in total. The molecule has 2 heterocycles. The Labute approximate surface area is 162 Å². The lowest BCUT2D eigenvalue weighted by molar-refractivity contribution is 0.0953. The number of allylic oxidation sites excluding steroid dienone is 1. The number of aromatic nitrogens is 1. The molecular weight excluding hydrogens is 362 g/mol. The first-order valence-corrected chi connectivity index (χ1v) is 11.7. The molecule has 2 aliphatic rings. The summed E-state index contributed by atoms with van der Waals surface area (Å²) in [4.78, 5) is 18.8. The second kappa shape index (κ2) is 8.87. The Morgan fingerprint density at radius 1 is 1.33 bits per heavy atom. The van der Waals surface area contributed by atoms with Crippen molar-refractivity contribution >= 4 is 21.6 Å². The van der Waals surface area contributed by atoms with E-state index in [2.05, 4.69) is 16.4 Å². The van der Waals surface area contributed by atoms with Gasteiger partial charge in [0.2, 0.25) is 0 Å². The fourth-order valence-corrected chi connectivity index (χ4v) is 5.62. The average Bonchev–Trinajstić information content (AvgIpc) is 3.03. The molecule has 1 amide bonds. The van der Waals surface area contributed by atoms with Crippen molar-refractivity contribution in [3.05, 3.63) is 35.5 Å². The van der Waals surface area contributed by atoms with Crippen molar-refractivity contribution in [2.75, 3.05) is 29.5 Å². The number of nitrogens with zero attached hydrogens (tertiary/aromatic N) is 2. The molecule has 0 radical (unpaired) electrons. The first-order valence-electron chi connectivity index (χ1n) is 9.88. The van der Waals surface area contributed by atoms with E-state index >= 15 is 0 Å². The number of pyridine rings is 1. The van der Waals surface area contributed by atoms with Crippen LogP contribution >= 0.6 is 0 Å². The molecule has 148 valence electrons. The summed E-state index contributed by atoms with van der Waals surface area (Å²) in [5, 5.41) is 2.96. The fraction of sp³-hybridized carbons (Fsp3) is 0.600. The number of sulfone groups is 1. The van der Waals surface area contributed by atoms with Gasteiger partial charge >= 0.3 is 0 Å². The summed E-state index contributed by atoms with van der Waals surface area (Å²) in [6.07, 6.45) is 10.3. The van der Waals surface area contributed by atoms with Crippen LogP contribution in [0.4, 0.5) is 5.82 Å². The molecule has 27 heavy (non-hydrogen) atoms. The van der Waals surface area contributed by atoms with Gasteiger partial charge in [0.25, 0.3) is 5.91 Å². The lowest BCUT2D eigenvalue weighted by Crippen LogP contribution is -2.36. The molecule has 1 aliphatic heterocycles. The predicted molar refractivity (Wildman–Crippen MR) is 108 cm³/mol. The highest BCUT2D eigenvalue weighted by atomic mass is 32.2. The number of anilines is 1. The van der Waals surface area contributed by atoms with Crippen LogP contribution in [0.2, 0.25) is 0 Å². The topological polar surface area (TPSA) is 79.4 Å². The van der Waals surface area contributed by atoms with E-state index in [1.54, 1.807) is 12.3 Å². The van der Waals surface area contributed by atoms with Crippen LogP contribution in [0, 0.1) is 0 Å². The lowest BCUT2D eigenvalue weighted by Gasteiger charge is -2.28. The Morgan fingerprint density at radius 3 is 2.78 bits per heavy atom. The molecule has 1 saturated heterocycles. The van der Waals surface area contributed by atoms with E-state index < -0.39 is 9.84 Å².